The summed E-state index contributed by atoms with van der Waals surface area (Å²) in [5.41, 5.74) is 4.50. The Labute approximate surface area is 135 Å². The number of carbonyl (C=O) groups is 1. The van der Waals surface area contributed by atoms with E-state index in [1.807, 2.05) is 33.9 Å². The van der Waals surface area contributed by atoms with Gasteiger partial charge in [-0.2, -0.15) is 5.10 Å². The van der Waals surface area contributed by atoms with E-state index in [-0.39, 0.29) is 23.7 Å². The number of fused-ring (bicyclic) bond motifs is 1. The number of nitrogens with zero attached hydrogens (tertiary/aromatic N) is 2. The van der Waals surface area contributed by atoms with Crippen molar-refractivity contribution in [2.45, 2.75) is 45.6 Å². The molecule has 0 radical (unpaired) electrons. The van der Waals surface area contributed by atoms with Gasteiger partial charge in [0, 0.05) is 18.3 Å². The summed E-state index contributed by atoms with van der Waals surface area (Å²) in [4.78, 5) is 12.7. The Hall–Kier alpha value is -2.17. The van der Waals surface area contributed by atoms with Crippen LogP contribution in [0, 0.1) is 19.7 Å². The summed E-state index contributed by atoms with van der Waals surface area (Å²) in [6.07, 6.45) is 1.42. The monoisotopic (exact) mass is 315 g/mol. The predicted octanol–water partition coefficient (Wildman–Crippen LogP) is 3.08. The number of halogens is 1. The summed E-state index contributed by atoms with van der Waals surface area (Å²) in [6, 6.07) is 4.99. The standard InChI is InChI=1S/C18H22FN3O/c1-10(17-11(2)21-22(4)12(17)3)18(23)20-16-9-8-13-14(16)6-5-7-15(13)19/h5-7,10,16H,8-9H2,1-4H3,(H,20,23). The van der Waals surface area contributed by atoms with E-state index in [4.69, 9.17) is 0 Å². The molecule has 2 unspecified atom stereocenters. The number of aromatic nitrogens is 2. The molecule has 2 atom stereocenters. The third kappa shape index (κ3) is 2.64. The Morgan fingerprint density at radius 2 is 2.17 bits per heavy atom. The van der Waals surface area contributed by atoms with Gasteiger partial charge in [0.1, 0.15) is 5.82 Å². The van der Waals surface area contributed by atoms with E-state index in [1.165, 1.54) is 6.07 Å². The van der Waals surface area contributed by atoms with Crippen LogP contribution in [-0.4, -0.2) is 15.7 Å². The highest BCUT2D eigenvalue weighted by Crippen LogP contribution is 2.33. The molecule has 1 aliphatic rings. The molecular formula is C18H22FN3O. The molecule has 5 heteroatoms. The highest BCUT2D eigenvalue weighted by atomic mass is 19.1. The van der Waals surface area contributed by atoms with Gasteiger partial charge in [-0.3, -0.25) is 9.48 Å². The van der Waals surface area contributed by atoms with E-state index in [1.54, 1.807) is 10.7 Å². The number of benzene rings is 1. The van der Waals surface area contributed by atoms with Gasteiger partial charge in [-0.15, -0.1) is 0 Å². The van der Waals surface area contributed by atoms with Crippen LogP contribution in [0.2, 0.25) is 0 Å². The minimum atomic E-state index is -0.277. The van der Waals surface area contributed by atoms with Gasteiger partial charge in [-0.1, -0.05) is 12.1 Å². The molecule has 1 aromatic heterocycles. The third-order valence-electron chi connectivity index (χ3n) is 4.92. The molecule has 3 rings (SSSR count). The van der Waals surface area contributed by atoms with Crippen molar-refractivity contribution in [3.8, 4) is 0 Å². The van der Waals surface area contributed by atoms with E-state index in [2.05, 4.69) is 10.4 Å². The Bertz CT molecular complexity index is 766. The van der Waals surface area contributed by atoms with Gasteiger partial charge in [-0.05, 0) is 50.8 Å². The Morgan fingerprint density at radius 1 is 1.43 bits per heavy atom. The number of aryl methyl sites for hydroxylation is 2. The fourth-order valence-electron chi connectivity index (χ4n) is 3.60. The summed E-state index contributed by atoms with van der Waals surface area (Å²) in [5.74, 6) is -0.487. The van der Waals surface area contributed by atoms with Gasteiger partial charge in [0.25, 0.3) is 0 Å². The van der Waals surface area contributed by atoms with Crippen LogP contribution in [0.3, 0.4) is 0 Å². The van der Waals surface area contributed by atoms with E-state index in [0.717, 1.165) is 34.5 Å². The van der Waals surface area contributed by atoms with Crippen LogP contribution in [-0.2, 0) is 18.3 Å². The minimum absolute atomic E-state index is 0.0358. The van der Waals surface area contributed by atoms with E-state index in [9.17, 15) is 9.18 Å². The SMILES string of the molecule is Cc1nn(C)c(C)c1C(C)C(=O)NC1CCc2c(F)cccc21. The molecule has 1 aromatic carbocycles. The minimum Gasteiger partial charge on any atom is -0.349 e. The smallest absolute Gasteiger partial charge is 0.227 e. The van der Waals surface area contributed by atoms with Gasteiger partial charge < -0.3 is 5.32 Å². The van der Waals surface area contributed by atoms with Crippen molar-refractivity contribution in [2.75, 3.05) is 0 Å². The summed E-state index contributed by atoms with van der Waals surface area (Å²) in [7, 11) is 1.88. The molecule has 0 bridgehead atoms. The number of hydrogen-bond acceptors (Lipinski definition) is 2. The second kappa shape index (κ2) is 5.80. The highest BCUT2D eigenvalue weighted by molar-refractivity contribution is 5.84. The van der Waals surface area contributed by atoms with Crippen LogP contribution >= 0.6 is 0 Å². The Kier molecular flexibility index (Phi) is 3.96. The van der Waals surface area contributed by atoms with Crippen molar-refractivity contribution in [2.24, 2.45) is 7.05 Å². The maximum Gasteiger partial charge on any atom is 0.227 e. The van der Waals surface area contributed by atoms with Gasteiger partial charge in [-0.25, -0.2) is 4.39 Å². The van der Waals surface area contributed by atoms with Gasteiger partial charge >= 0.3 is 0 Å². The van der Waals surface area contributed by atoms with Crippen LogP contribution in [0.4, 0.5) is 4.39 Å². The molecule has 0 saturated carbocycles. The third-order valence-corrected chi connectivity index (χ3v) is 4.92. The lowest BCUT2D eigenvalue weighted by molar-refractivity contribution is -0.123. The van der Waals surface area contributed by atoms with Crippen molar-refractivity contribution in [3.63, 3.8) is 0 Å². The first-order chi connectivity index (χ1) is 10.9. The molecule has 2 aromatic rings. The van der Waals surface area contributed by atoms with Crippen LogP contribution in [0.25, 0.3) is 0 Å². The first-order valence-corrected chi connectivity index (χ1v) is 7.98. The second-order valence-electron chi connectivity index (χ2n) is 6.34. The lowest BCUT2D eigenvalue weighted by Gasteiger charge is -2.18. The predicted molar refractivity (Wildman–Crippen MR) is 86.7 cm³/mol. The average Bonchev–Trinajstić information content (AvgIpc) is 3.01. The summed E-state index contributed by atoms with van der Waals surface area (Å²) >= 11 is 0. The number of amides is 1. The zero-order chi connectivity index (χ0) is 16.7. The maximum atomic E-state index is 13.8. The molecular weight excluding hydrogens is 293 g/mol. The number of hydrogen-bond donors (Lipinski definition) is 1. The summed E-state index contributed by atoms with van der Waals surface area (Å²) in [6.45, 7) is 5.79. The number of carbonyl (C=O) groups excluding carboxylic acids is 1. The summed E-state index contributed by atoms with van der Waals surface area (Å²) < 4.78 is 15.6. The zero-order valence-corrected chi connectivity index (χ0v) is 14.0. The van der Waals surface area contributed by atoms with Crippen molar-refractivity contribution in [3.05, 3.63) is 52.1 Å². The van der Waals surface area contributed by atoms with Gasteiger partial charge in [0.2, 0.25) is 5.91 Å². The first kappa shape index (κ1) is 15.7. The average molecular weight is 315 g/mol. The van der Waals surface area contributed by atoms with Crippen LogP contribution < -0.4 is 5.32 Å². The maximum absolute atomic E-state index is 13.8. The van der Waals surface area contributed by atoms with Crippen molar-refractivity contribution >= 4 is 5.91 Å². The van der Waals surface area contributed by atoms with Crippen molar-refractivity contribution in [1.29, 1.82) is 0 Å². The molecule has 4 nitrogen and oxygen atoms in total. The quantitative estimate of drug-likeness (QED) is 0.946. The molecule has 0 saturated heterocycles. The normalized spacial score (nSPS) is 17.9. The Balaban J connectivity index is 1.80. The first-order valence-electron chi connectivity index (χ1n) is 7.98. The molecule has 122 valence electrons. The van der Waals surface area contributed by atoms with Crippen LogP contribution in [0.1, 0.15) is 53.4 Å². The second-order valence-corrected chi connectivity index (χ2v) is 6.34. The lowest BCUT2D eigenvalue weighted by atomic mass is 9.97. The van der Waals surface area contributed by atoms with E-state index in [0.29, 0.717) is 6.42 Å². The lowest BCUT2D eigenvalue weighted by Crippen LogP contribution is -2.31. The fraction of sp³-hybridized carbons (Fsp3) is 0.444. The highest BCUT2D eigenvalue weighted by Gasteiger charge is 2.29. The van der Waals surface area contributed by atoms with Crippen molar-refractivity contribution in [1.82, 2.24) is 15.1 Å². The molecule has 0 aliphatic heterocycles. The van der Waals surface area contributed by atoms with Crippen LogP contribution in [0.15, 0.2) is 18.2 Å². The zero-order valence-electron chi connectivity index (χ0n) is 14.0. The van der Waals surface area contributed by atoms with Gasteiger partial charge in [0.05, 0.1) is 17.7 Å². The summed E-state index contributed by atoms with van der Waals surface area (Å²) in [5, 5.41) is 7.46. The van der Waals surface area contributed by atoms with E-state index >= 15 is 0 Å². The molecule has 1 heterocycles. The van der Waals surface area contributed by atoms with Crippen LogP contribution in [0.5, 0.6) is 0 Å². The number of nitrogens with one attached hydrogen (secondary N) is 1. The van der Waals surface area contributed by atoms with Gasteiger partial charge in [0.15, 0.2) is 0 Å². The molecule has 0 spiro atoms. The number of rotatable bonds is 3. The fourth-order valence-corrected chi connectivity index (χ4v) is 3.60. The topological polar surface area (TPSA) is 46.9 Å². The molecule has 23 heavy (non-hydrogen) atoms. The molecule has 1 amide bonds. The Morgan fingerprint density at radius 3 is 2.83 bits per heavy atom. The molecule has 1 aliphatic carbocycles. The van der Waals surface area contributed by atoms with Crippen molar-refractivity contribution < 1.29 is 9.18 Å². The van der Waals surface area contributed by atoms with E-state index < -0.39 is 0 Å². The largest absolute Gasteiger partial charge is 0.349 e. The molecule has 0 fully saturated rings. The molecule has 1 N–H and O–H groups in total.